The second-order valence-electron chi connectivity index (χ2n) is 2.07. The van der Waals surface area contributed by atoms with Gasteiger partial charge in [0.2, 0.25) is 0 Å². The molecule has 0 bridgehead atoms. The summed E-state index contributed by atoms with van der Waals surface area (Å²) in [7, 11) is 0. The monoisotopic (exact) mass is 153 g/mol. The van der Waals surface area contributed by atoms with Crippen LogP contribution in [0, 0.1) is 6.92 Å². The fourth-order valence-corrected chi connectivity index (χ4v) is 0.641. The Balaban J connectivity index is 2.90. The minimum atomic E-state index is -0.794. The van der Waals surface area contributed by atoms with E-state index in [0.29, 0.717) is 0 Å². The van der Waals surface area contributed by atoms with Gasteiger partial charge in [0.15, 0.2) is 0 Å². The van der Waals surface area contributed by atoms with Crippen molar-refractivity contribution in [2.75, 3.05) is 0 Å². The standard InChI is InChI=1S/C7H7NO3/c1-5-2-3-6(4-8-5)7(9)11-10/h2-4,10H,1H3. The third-order valence-corrected chi connectivity index (χ3v) is 1.23. The highest BCUT2D eigenvalue weighted by Crippen LogP contribution is 1.99. The van der Waals surface area contributed by atoms with E-state index in [1.807, 2.05) is 0 Å². The first kappa shape index (κ1) is 7.68. The first-order valence-electron chi connectivity index (χ1n) is 3.02. The minimum absolute atomic E-state index is 0.234. The van der Waals surface area contributed by atoms with Crippen molar-refractivity contribution in [3.63, 3.8) is 0 Å². The molecule has 0 unspecified atom stereocenters. The fourth-order valence-electron chi connectivity index (χ4n) is 0.641. The number of pyridine rings is 1. The molecule has 0 aromatic carbocycles. The van der Waals surface area contributed by atoms with Gasteiger partial charge in [-0.25, -0.2) is 4.79 Å². The summed E-state index contributed by atoms with van der Waals surface area (Å²) in [5.41, 5.74) is 1.04. The Morgan fingerprint density at radius 1 is 1.64 bits per heavy atom. The van der Waals surface area contributed by atoms with Crippen LogP contribution >= 0.6 is 0 Å². The highest BCUT2D eigenvalue weighted by molar-refractivity contribution is 5.88. The van der Waals surface area contributed by atoms with Crippen molar-refractivity contribution in [2.24, 2.45) is 0 Å². The number of carbonyl (C=O) groups excluding carboxylic acids is 1. The van der Waals surface area contributed by atoms with E-state index in [4.69, 9.17) is 5.26 Å². The topological polar surface area (TPSA) is 59.4 Å². The van der Waals surface area contributed by atoms with Gasteiger partial charge >= 0.3 is 5.97 Å². The zero-order valence-corrected chi connectivity index (χ0v) is 5.94. The molecular weight excluding hydrogens is 146 g/mol. The fraction of sp³-hybridized carbons (Fsp3) is 0.143. The van der Waals surface area contributed by atoms with Crippen LogP contribution in [0.4, 0.5) is 0 Å². The van der Waals surface area contributed by atoms with Crippen LogP contribution in [0.1, 0.15) is 16.1 Å². The van der Waals surface area contributed by atoms with Gasteiger partial charge in [-0.3, -0.25) is 9.87 Å². The van der Waals surface area contributed by atoms with E-state index in [2.05, 4.69) is 9.87 Å². The van der Waals surface area contributed by atoms with Gasteiger partial charge in [-0.1, -0.05) is 0 Å². The van der Waals surface area contributed by atoms with E-state index in [1.165, 1.54) is 12.3 Å². The Morgan fingerprint density at radius 2 is 2.36 bits per heavy atom. The molecule has 1 heterocycles. The summed E-state index contributed by atoms with van der Waals surface area (Å²) >= 11 is 0. The zero-order chi connectivity index (χ0) is 8.27. The number of hydrogen-bond donors (Lipinski definition) is 1. The Bertz CT molecular complexity index is 255. The molecule has 0 amide bonds. The molecule has 1 aromatic rings. The van der Waals surface area contributed by atoms with Crippen molar-refractivity contribution in [3.8, 4) is 0 Å². The Labute approximate surface area is 63.4 Å². The number of hydrogen-bond acceptors (Lipinski definition) is 4. The molecule has 58 valence electrons. The average molecular weight is 153 g/mol. The van der Waals surface area contributed by atoms with Gasteiger partial charge in [-0.15, -0.1) is 0 Å². The van der Waals surface area contributed by atoms with Crippen LogP contribution in [-0.2, 0) is 4.89 Å². The van der Waals surface area contributed by atoms with Gasteiger partial charge in [-0.05, 0) is 19.1 Å². The molecule has 0 aliphatic rings. The number of carbonyl (C=O) groups is 1. The van der Waals surface area contributed by atoms with E-state index < -0.39 is 5.97 Å². The van der Waals surface area contributed by atoms with Crippen molar-refractivity contribution in [2.45, 2.75) is 6.92 Å². The summed E-state index contributed by atoms with van der Waals surface area (Å²) < 4.78 is 0. The maximum Gasteiger partial charge on any atom is 0.374 e. The SMILES string of the molecule is Cc1ccc(C(=O)OO)cn1. The number of nitrogens with zero attached hydrogens (tertiary/aromatic N) is 1. The second-order valence-corrected chi connectivity index (χ2v) is 2.07. The summed E-state index contributed by atoms with van der Waals surface area (Å²) in [4.78, 5) is 17.9. The first-order valence-corrected chi connectivity index (χ1v) is 3.02. The van der Waals surface area contributed by atoms with E-state index in [9.17, 15) is 4.79 Å². The van der Waals surface area contributed by atoms with Gasteiger partial charge in [0.05, 0.1) is 5.56 Å². The molecule has 4 heteroatoms. The van der Waals surface area contributed by atoms with Crippen LogP contribution in [0.3, 0.4) is 0 Å². The van der Waals surface area contributed by atoms with Gasteiger partial charge < -0.3 is 0 Å². The van der Waals surface area contributed by atoms with E-state index in [0.717, 1.165) is 5.69 Å². The Hall–Kier alpha value is -1.42. The lowest BCUT2D eigenvalue weighted by atomic mass is 10.2. The zero-order valence-electron chi connectivity index (χ0n) is 5.94. The van der Waals surface area contributed by atoms with Gasteiger partial charge in [0.1, 0.15) is 0 Å². The molecule has 0 saturated carbocycles. The smallest absolute Gasteiger partial charge is 0.295 e. The molecule has 0 atom stereocenters. The molecule has 0 aliphatic heterocycles. The van der Waals surface area contributed by atoms with Crippen LogP contribution in [0.15, 0.2) is 18.3 Å². The number of aromatic nitrogens is 1. The van der Waals surface area contributed by atoms with Gasteiger partial charge in [0, 0.05) is 11.9 Å². The highest BCUT2D eigenvalue weighted by Gasteiger charge is 2.05. The van der Waals surface area contributed by atoms with Gasteiger partial charge in [0.25, 0.3) is 0 Å². The molecular formula is C7H7NO3. The summed E-state index contributed by atoms with van der Waals surface area (Å²) in [6.07, 6.45) is 1.34. The van der Waals surface area contributed by atoms with Crippen LogP contribution in [0.2, 0.25) is 0 Å². The molecule has 0 radical (unpaired) electrons. The van der Waals surface area contributed by atoms with Crippen molar-refractivity contribution < 1.29 is 14.9 Å². The Morgan fingerprint density at radius 3 is 2.82 bits per heavy atom. The lowest BCUT2D eigenvalue weighted by molar-refractivity contribution is -0.182. The molecule has 0 spiro atoms. The van der Waals surface area contributed by atoms with Crippen molar-refractivity contribution in [1.29, 1.82) is 0 Å². The van der Waals surface area contributed by atoms with Crippen LogP contribution in [-0.4, -0.2) is 16.2 Å². The summed E-state index contributed by atoms with van der Waals surface area (Å²) in [6, 6.07) is 3.19. The molecule has 1 rings (SSSR count). The lowest BCUT2D eigenvalue weighted by Crippen LogP contribution is -2.01. The molecule has 11 heavy (non-hydrogen) atoms. The molecule has 1 aromatic heterocycles. The lowest BCUT2D eigenvalue weighted by Gasteiger charge is -1.95. The third-order valence-electron chi connectivity index (χ3n) is 1.23. The Kier molecular flexibility index (Phi) is 2.18. The van der Waals surface area contributed by atoms with Gasteiger partial charge in [-0.2, -0.15) is 5.26 Å². The van der Waals surface area contributed by atoms with E-state index >= 15 is 0 Å². The predicted octanol–water partition coefficient (Wildman–Crippen LogP) is 1.02. The molecule has 1 N–H and O–H groups in total. The molecule has 0 fully saturated rings. The summed E-state index contributed by atoms with van der Waals surface area (Å²) in [5, 5.41) is 7.98. The second kappa shape index (κ2) is 3.12. The largest absolute Gasteiger partial charge is 0.374 e. The maximum atomic E-state index is 10.6. The van der Waals surface area contributed by atoms with E-state index in [-0.39, 0.29) is 5.56 Å². The van der Waals surface area contributed by atoms with Crippen molar-refractivity contribution in [1.82, 2.24) is 4.98 Å². The van der Waals surface area contributed by atoms with Crippen LogP contribution in [0.5, 0.6) is 0 Å². The van der Waals surface area contributed by atoms with Crippen molar-refractivity contribution >= 4 is 5.97 Å². The molecule has 0 saturated heterocycles. The minimum Gasteiger partial charge on any atom is -0.295 e. The quantitative estimate of drug-likeness (QED) is 0.483. The highest BCUT2D eigenvalue weighted by atomic mass is 17.1. The van der Waals surface area contributed by atoms with Crippen LogP contribution in [0.25, 0.3) is 0 Å². The van der Waals surface area contributed by atoms with Crippen LogP contribution < -0.4 is 0 Å². The number of aryl methyl sites for hydroxylation is 1. The maximum absolute atomic E-state index is 10.6. The number of rotatable bonds is 1. The summed E-state index contributed by atoms with van der Waals surface area (Å²) in [5.74, 6) is -0.794. The van der Waals surface area contributed by atoms with E-state index in [1.54, 1.807) is 13.0 Å². The molecule has 4 nitrogen and oxygen atoms in total. The van der Waals surface area contributed by atoms with Crippen molar-refractivity contribution in [3.05, 3.63) is 29.6 Å². The average Bonchev–Trinajstić information content (AvgIpc) is 2.05. The first-order chi connectivity index (χ1) is 5.24. The summed E-state index contributed by atoms with van der Waals surface area (Å²) in [6.45, 7) is 1.80. The molecule has 0 aliphatic carbocycles. The normalized spacial score (nSPS) is 9.27. The third kappa shape index (κ3) is 1.75. The predicted molar refractivity (Wildman–Crippen MR) is 37.0 cm³/mol.